The minimum absolute atomic E-state index is 1.11. The molecule has 1 heterocycles. The summed E-state index contributed by atoms with van der Waals surface area (Å²) in [7, 11) is 6.48. The van der Waals surface area contributed by atoms with E-state index in [2.05, 4.69) is 43.2 Å². The van der Waals surface area contributed by atoms with Gasteiger partial charge in [-0.25, -0.2) is 0 Å². The van der Waals surface area contributed by atoms with Crippen molar-refractivity contribution in [1.29, 1.82) is 0 Å². The molecule has 0 amide bonds. The molecule has 0 aromatic rings. The standard InChI is InChI=1S/C12H25N3/c1-11(12-8-13-9-12)10-15(4)7-5-6-14(2)3/h13H,5-10H2,1-4H3. The third-order valence-electron chi connectivity index (χ3n) is 2.93. The van der Waals surface area contributed by atoms with Crippen LogP contribution >= 0.6 is 0 Å². The van der Waals surface area contributed by atoms with E-state index < -0.39 is 0 Å². The third-order valence-corrected chi connectivity index (χ3v) is 2.93. The molecule has 0 atom stereocenters. The second kappa shape index (κ2) is 6.26. The molecule has 3 nitrogen and oxygen atoms in total. The second-order valence-electron chi connectivity index (χ2n) is 4.88. The number of nitrogens with zero attached hydrogens (tertiary/aromatic N) is 2. The summed E-state index contributed by atoms with van der Waals surface area (Å²) in [5, 5.41) is 3.29. The van der Waals surface area contributed by atoms with E-state index in [4.69, 9.17) is 0 Å². The molecule has 0 spiro atoms. The van der Waals surface area contributed by atoms with Gasteiger partial charge in [0.1, 0.15) is 0 Å². The highest BCUT2D eigenvalue weighted by atomic mass is 15.1. The van der Waals surface area contributed by atoms with Crippen LogP contribution in [-0.2, 0) is 0 Å². The fourth-order valence-electron chi connectivity index (χ4n) is 1.80. The lowest BCUT2D eigenvalue weighted by Gasteiger charge is -2.25. The van der Waals surface area contributed by atoms with Gasteiger partial charge < -0.3 is 15.1 Å². The Morgan fingerprint density at radius 2 is 1.87 bits per heavy atom. The predicted octanol–water partition coefficient (Wildman–Crippen LogP) is 0.790. The maximum absolute atomic E-state index is 3.29. The smallest absolute Gasteiger partial charge is 0.0190 e. The van der Waals surface area contributed by atoms with Crippen molar-refractivity contribution in [3.05, 3.63) is 11.1 Å². The van der Waals surface area contributed by atoms with Gasteiger partial charge in [-0.05, 0) is 53.2 Å². The highest BCUT2D eigenvalue weighted by Crippen LogP contribution is 2.09. The van der Waals surface area contributed by atoms with Gasteiger partial charge in [-0.2, -0.15) is 0 Å². The molecule has 15 heavy (non-hydrogen) atoms. The first-order valence-corrected chi connectivity index (χ1v) is 5.81. The van der Waals surface area contributed by atoms with Gasteiger partial charge in [0, 0.05) is 19.6 Å². The summed E-state index contributed by atoms with van der Waals surface area (Å²) in [5.41, 5.74) is 3.16. The predicted molar refractivity (Wildman–Crippen MR) is 66.2 cm³/mol. The molecule has 1 saturated heterocycles. The summed E-state index contributed by atoms with van der Waals surface area (Å²) in [6.07, 6.45) is 1.25. The summed E-state index contributed by atoms with van der Waals surface area (Å²) >= 11 is 0. The Morgan fingerprint density at radius 1 is 1.20 bits per heavy atom. The zero-order valence-corrected chi connectivity index (χ0v) is 10.6. The lowest BCUT2D eigenvalue weighted by molar-refractivity contribution is 0.316. The second-order valence-corrected chi connectivity index (χ2v) is 4.88. The van der Waals surface area contributed by atoms with Crippen molar-refractivity contribution in [2.45, 2.75) is 13.3 Å². The van der Waals surface area contributed by atoms with Gasteiger partial charge in [0.25, 0.3) is 0 Å². The molecule has 0 bridgehead atoms. The lowest BCUT2D eigenvalue weighted by Crippen LogP contribution is -2.36. The molecular formula is C12H25N3. The van der Waals surface area contributed by atoms with Crippen molar-refractivity contribution in [2.75, 3.05) is 53.9 Å². The number of nitrogens with one attached hydrogen (secondary N) is 1. The van der Waals surface area contributed by atoms with Crippen molar-refractivity contribution in [3.63, 3.8) is 0 Å². The van der Waals surface area contributed by atoms with Crippen molar-refractivity contribution >= 4 is 0 Å². The summed E-state index contributed by atoms with van der Waals surface area (Å²) in [6.45, 7) is 7.98. The molecule has 1 N–H and O–H groups in total. The Hall–Kier alpha value is -0.380. The molecular weight excluding hydrogens is 186 g/mol. The first kappa shape index (κ1) is 12.7. The van der Waals surface area contributed by atoms with Crippen LogP contribution in [0.15, 0.2) is 11.1 Å². The first-order chi connectivity index (χ1) is 7.09. The molecule has 0 aromatic heterocycles. The van der Waals surface area contributed by atoms with E-state index in [1.54, 1.807) is 11.1 Å². The maximum Gasteiger partial charge on any atom is 0.0190 e. The van der Waals surface area contributed by atoms with Gasteiger partial charge in [0.05, 0.1) is 0 Å². The van der Waals surface area contributed by atoms with E-state index >= 15 is 0 Å². The van der Waals surface area contributed by atoms with Gasteiger partial charge >= 0.3 is 0 Å². The molecule has 1 aliphatic heterocycles. The monoisotopic (exact) mass is 211 g/mol. The fourth-order valence-corrected chi connectivity index (χ4v) is 1.80. The van der Waals surface area contributed by atoms with E-state index in [1.807, 2.05) is 0 Å². The Morgan fingerprint density at radius 3 is 2.33 bits per heavy atom. The Kier molecular flexibility index (Phi) is 5.29. The minimum Gasteiger partial charge on any atom is -0.309 e. The van der Waals surface area contributed by atoms with E-state index in [9.17, 15) is 0 Å². The molecule has 0 aromatic carbocycles. The van der Waals surface area contributed by atoms with E-state index in [0.29, 0.717) is 0 Å². The summed E-state index contributed by atoms with van der Waals surface area (Å²) < 4.78 is 0. The van der Waals surface area contributed by atoms with Crippen LogP contribution in [-0.4, -0.2) is 63.7 Å². The molecule has 88 valence electrons. The largest absolute Gasteiger partial charge is 0.309 e. The molecule has 1 fully saturated rings. The van der Waals surface area contributed by atoms with Gasteiger partial charge in [-0.15, -0.1) is 0 Å². The molecule has 0 unspecified atom stereocenters. The lowest BCUT2D eigenvalue weighted by atomic mass is 10.0. The van der Waals surface area contributed by atoms with Crippen molar-refractivity contribution in [3.8, 4) is 0 Å². The van der Waals surface area contributed by atoms with Gasteiger partial charge in [0.2, 0.25) is 0 Å². The number of hydrogen-bond acceptors (Lipinski definition) is 3. The molecule has 1 aliphatic rings. The zero-order valence-electron chi connectivity index (χ0n) is 10.6. The Labute approximate surface area is 94.1 Å². The minimum atomic E-state index is 1.11. The van der Waals surface area contributed by atoms with Gasteiger partial charge in [0.15, 0.2) is 0 Å². The van der Waals surface area contributed by atoms with Crippen molar-refractivity contribution < 1.29 is 0 Å². The third kappa shape index (κ3) is 4.78. The fraction of sp³-hybridized carbons (Fsp3) is 0.833. The van der Waals surface area contributed by atoms with Crippen molar-refractivity contribution in [2.24, 2.45) is 0 Å². The molecule has 0 aliphatic carbocycles. The topological polar surface area (TPSA) is 18.5 Å². The number of hydrogen-bond donors (Lipinski definition) is 1. The van der Waals surface area contributed by atoms with Gasteiger partial charge in [-0.3, -0.25) is 0 Å². The van der Waals surface area contributed by atoms with Crippen LogP contribution in [0.2, 0.25) is 0 Å². The molecule has 0 radical (unpaired) electrons. The molecule has 3 heteroatoms. The Balaban J connectivity index is 2.15. The molecule has 0 saturated carbocycles. The van der Waals surface area contributed by atoms with E-state index in [0.717, 1.165) is 19.6 Å². The zero-order chi connectivity index (χ0) is 11.3. The van der Waals surface area contributed by atoms with Crippen molar-refractivity contribution in [1.82, 2.24) is 15.1 Å². The van der Waals surface area contributed by atoms with Gasteiger partial charge in [-0.1, -0.05) is 5.57 Å². The number of likely N-dealkylation sites (N-methyl/N-ethyl adjacent to an activating group) is 1. The van der Waals surface area contributed by atoms with Crippen LogP contribution in [0.1, 0.15) is 13.3 Å². The van der Waals surface area contributed by atoms with Crippen LogP contribution in [0.5, 0.6) is 0 Å². The average molecular weight is 211 g/mol. The van der Waals surface area contributed by atoms with Crippen LogP contribution in [0, 0.1) is 0 Å². The maximum atomic E-state index is 3.29. The highest BCUT2D eigenvalue weighted by Gasteiger charge is 2.11. The Bertz CT molecular complexity index is 215. The summed E-state index contributed by atoms with van der Waals surface area (Å²) in [4.78, 5) is 4.67. The molecule has 1 rings (SSSR count). The average Bonchev–Trinajstić information content (AvgIpc) is 1.98. The van der Waals surface area contributed by atoms with E-state index in [1.165, 1.54) is 19.5 Å². The quantitative estimate of drug-likeness (QED) is 0.655. The van der Waals surface area contributed by atoms with Crippen LogP contribution in [0.4, 0.5) is 0 Å². The first-order valence-electron chi connectivity index (χ1n) is 5.81. The van der Waals surface area contributed by atoms with Crippen LogP contribution in [0.3, 0.4) is 0 Å². The normalized spacial score (nSPS) is 16.0. The number of rotatable bonds is 6. The summed E-state index contributed by atoms with van der Waals surface area (Å²) in [5.74, 6) is 0. The highest BCUT2D eigenvalue weighted by molar-refractivity contribution is 5.22. The SMILES string of the molecule is CC(CN(C)CCCN(C)C)=C1CNC1. The van der Waals surface area contributed by atoms with E-state index in [-0.39, 0.29) is 0 Å². The van der Waals surface area contributed by atoms with Crippen LogP contribution < -0.4 is 5.32 Å². The summed E-state index contributed by atoms with van der Waals surface area (Å²) in [6, 6.07) is 0. The van der Waals surface area contributed by atoms with Crippen LogP contribution in [0.25, 0.3) is 0 Å².